The van der Waals surface area contributed by atoms with E-state index in [9.17, 15) is 0 Å². The quantitative estimate of drug-likeness (QED) is 0.365. The predicted octanol–water partition coefficient (Wildman–Crippen LogP) is 2.82. The third-order valence-corrected chi connectivity index (χ3v) is 2.81. The number of benzene rings is 1. The van der Waals surface area contributed by atoms with Gasteiger partial charge in [-0.15, -0.1) is 0 Å². The summed E-state index contributed by atoms with van der Waals surface area (Å²) in [6.45, 7) is 8.98. The van der Waals surface area contributed by atoms with Crippen LogP contribution in [0.5, 0.6) is 5.75 Å². The summed E-state index contributed by atoms with van der Waals surface area (Å²) in [5, 5.41) is 11.7. The number of rotatable bonds is 5. The second kappa shape index (κ2) is 6.28. The number of aryl methyl sites for hydroxylation is 2. The average molecular weight is 250 g/mol. The summed E-state index contributed by atoms with van der Waals surface area (Å²) in [4.78, 5) is 0. The molecule has 4 nitrogen and oxygen atoms in total. The SMILES string of the molecule is Cc1cc(C(N)=NO)cc(C)c1OCCC(C)C. The summed E-state index contributed by atoms with van der Waals surface area (Å²) in [5.74, 6) is 1.64. The molecule has 0 aliphatic rings. The van der Waals surface area contributed by atoms with Crippen LogP contribution >= 0.6 is 0 Å². The largest absolute Gasteiger partial charge is 0.493 e. The van der Waals surface area contributed by atoms with Crippen molar-refractivity contribution in [2.24, 2.45) is 16.8 Å². The Bertz CT molecular complexity index is 416. The summed E-state index contributed by atoms with van der Waals surface area (Å²) in [6.07, 6.45) is 1.03. The van der Waals surface area contributed by atoms with Crippen LogP contribution in [0.3, 0.4) is 0 Å². The van der Waals surface area contributed by atoms with Gasteiger partial charge in [0.1, 0.15) is 5.75 Å². The second-order valence-corrected chi connectivity index (χ2v) is 4.96. The second-order valence-electron chi connectivity index (χ2n) is 4.96. The van der Waals surface area contributed by atoms with E-state index in [1.165, 1.54) is 0 Å². The Morgan fingerprint density at radius 2 is 1.89 bits per heavy atom. The van der Waals surface area contributed by atoms with Crippen LogP contribution in [-0.2, 0) is 0 Å². The molecule has 0 atom stereocenters. The van der Waals surface area contributed by atoms with Crippen molar-refractivity contribution in [1.29, 1.82) is 0 Å². The van der Waals surface area contributed by atoms with Crippen molar-refractivity contribution in [3.8, 4) is 5.75 Å². The zero-order valence-corrected chi connectivity index (χ0v) is 11.5. The molecular formula is C14H22N2O2. The van der Waals surface area contributed by atoms with E-state index in [1.807, 2.05) is 26.0 Å². The van der Waals surface area contributed by atoms with Gasteiger partial charge in [0, 0.05) is 5.56 Å². The monoisotopic (exact) mass is 250 g/mol. The molecule has 3 N–H and O–H groups in total. The van der Waals surface area contributed by atoms with E-state index in [-0.39, 0.29) is 5.84 Å². The van der Waals surface area contributed by atoms with E-state index >= 15 is 0 Å². The zero-order valence-electron chi connectivity index (χ0n) is 11.5. The molecule has 0 bridgehead atoms. The van der Waals surface area contributed by atoms with Gasteiger partial charge in [0.05, 0.1) is 6.61 Å². The predicted molar refractivity (Wildman–Crippen MR) is 73.4 cm³/mol. The number of hydrogen-bond acceptors (Lipinski definition) is 3. The first-order valence-corrected chi connectivity index (χ1v) is 6.17. The number of hydrogen-bond donors (Lipinski definition) is 2. The molecule has 0 fully saturated rings. The van der Waals surface area contributed by atoms with Gasteiger partial charge in [-0.1, -0.05) is 19.0 Å². The first-order chi connectivity index (χ1) is 8.45. The van der Waals surface area contributed by atoms with E-state index in [4.69, 9.17) is 15.7 Å². The van der Waals surface area contributed by atoms with Gasteiger partial charge in [0.15, 0.2) is 5.84 Å². The minimum absolute atomic E-state index is 0.120. The van der Waals surface area contributed by atoms with Crippen LogP contribution in [0.25, 0.3) is 0 Å². The van der Waals surface area contributed by atoms with Crippen molar-refractivity contribution >= 4 is 5.84 Å². The molecule has 0 aliphatic heterocycles. The summed E-state index contributed by atoms with van der Waals surface area (Å²) >= 11 is 0. The molecule has 0 aromatic heterocycles. The highest BCUT2D eigenvalue weighted by molar-refractivity contribution is 5.97. The fourth-order valence-corrected chi connectivity index (χ4v) is 1.78. The van der Waals surface area contributed by atoms with Crippen LogP contribution in [0.1, 0.15) is 37.0 Å². The minimum atomic E-state index is 0.120. The molecule has 0 amide bonds. The molecule has 0 unspecified atom stereocenters. The van der Waals surface area contributed by atoms with Gasteiger partial charge in [-0.2, -0.15) is 0 Å². The summed E-state index contributed by atoms with van der Waals surface area (Å²) in [6, 6.07) is 3.74. The van der Waals surface area contributed by atoms with Crippen LogP contribution in [0, 0.1) is 19.8 Å². The highest BCUT2D eigenvalue weighted by Crippen LogP contribution is 2.25. The Balaban J connectivity index is 2.88. The molecule has 0 radical (unpaired) electrons. The van der Waals surface area contributed by atoms with Crippen LogP contribution in [0.4, 0.5) is 0 Å². The molecule has 4 heteroatoms. The lowest BCUT2D eigenvalue weighted by atomic mass is 10.0. The molecule has 1 rings (SSSR count). The smallest absolute Gasteiger partial charge is 0.170 e. The van der Waals surface area contributed by atoms with Gasteiger partial charge < -0.3 is 15.7 Å². The maximum atomic E-state index is 8.67. The lowest BCUT2D eigenvalue weighted by Crippen LogP contribution is -2.14. The number of nitrogens with two attached hydrogens (primary N) is 1. The number of nitrogens with zero attached hydrogens (tertiary/aromatic N) is 1. The topological polar surface area (TPSA) is 67.8 Å². The normalized spacial score (nSPS) is 11.9. The number of ether oxygens (including phenoxy) is 1. The summed E-state index contributed by atoms with van der Waals surface area (Å²) in [7, 11) is 0. The van der Waals surface area contributed by atoms with Crippen molar-refractivity contribution in [2.45, 2.75) is 34.1 Å². The highest BCUT2D eigenvalue weighted by Gasteiger charge is 2.09. The van der Waals surface area contributed by atoms with Crippen molar-refractivity contribution in [2.75, 3.05) is 6.61 Å². The maximum absolute atomic E-state index is 8.67. The zero-order chi connectivity index (χ0) is 13.7. The molecule has 0 aliphatic carbocycles. The number of amidine groups is 1. The molecule has 0 heterocycles. The molecule has 100 valence electrons. The van der Waals surface area contributed by atoms with Crippen LogP contribution in [0.2, 0.25) is 0 Å². The fourth-order valence-electron chi connectivity index (χ4n) is 1.78. The molecule has 1 aromatic carbocycles. The average Bonchev–Trinajstić information content (AvgIpc) is 2.31. The Morgan fingerprint density at radius 3 is 2.33 bits per heavy atom. The third kappa shape index (κ3) is 3.65. The van der Waals surface area contributed by atoms with Crippen molar-refractivity contribution < 1.29 is 9.94 Å². The van der Waals surface area contributed by atoms with Gasteiger partial charge in [-0.25, -0.2) is 0 Å². The maximum Gasteiger partial charge on any atom is 0.170 e. The van der Waals surface area contributed by atoms with Crippen molar-refractivity contribution in [3.05, 3.63) is 28.8 Å². The van der Waals surface area contributed by atoms with Crippen LogP contribution in [-0.4, -0.2) is 17.6 Å². The van der Waals surface area contributed by atoms with E-state index in [1.54, 1.807) is 0 Å². The summed E-state index contributed by atoms with van der Waals surface area (Å²) in [5.41, 5.74) is 8.29. The Kier molecular flexibility index (Phi) is 5.01. The first kappa shape index (κ1) is 14.4. The lowest BCUT2D eigenvalue weighted by molar-refractivity contribution is 0.286. The Hall–Kier alpha value is -1.71. The van der Waals surface area contributed by atoms with Gasteiger partial charge in [-0.05, 0) is 49.4 Å². The standard InChI is InChI=1S/C14H22N2O2/c1-9(2)5-6-18-13-10(3)7-12(8-11(13)4)14(15)16-17/h7-9,17H,5-6H2,1-4H3,(H2,15,16). The minimum Gasteiger partial charge on any atom is -0.493 e. The van der Waals surface area contributed by atoms with Gasteiger partial charge in [0.25, 0.3) is 0 Å². The Labute approximate surface area is 108 Å². The van der Waals surface area contributed by atoms with Crippen LogP contribution in [0.15, 0.2) is 17.3 Å². The van der Waals surface area contributed by atoms with Crippen molar-refractivity contribution in [3.63, 3.8) is 0 Å². The highest BCUT2D eigenvalue weighted by atomic mass is 16.5. The van der Waals surface area contributed by atoms with E-state index in [2.05, 4.69) is 19.0 Å². The van der Waals surface area contributed by atoms with Gasteiger partial charge in [0.2, 0.25) is 0 Å². The summed E-state index contributed by atoms with van der Waals surface area (Å²) < 4.78 is 5.80. The number of oxime groups is 1. The van der Waals surface area contributed by atoms with E-state index < -0.39 is 0 Å². The molecule has 0 spiro atoms. The van der Waals surface area contributed by atoms with E-state index in [0.29, 0.717) is 18.1 Å². The molecule has 18 heavy (non-hydrogen) atoms. The lowest BCUT2D eigenvalue weighted by Gasteiger charge is -2.14. The van der Waals surface area contributed by atoms with Gasteiger partial charge >= 0.3 is 0 Å². The molecule has 0 saturated heterocycles. The third-order valence-electron chi connectivity index (χ3n) is 2.81. The van der Waals surface area contributed by atoms with Crippen molar-refractivity contribution in [1.82, 2.24) is 0 Å². The molecule has 1 aromatic rings. The first-order valence-electron chi connectivity index (χ1n) is 6.17. The fraction of sp³-hybridized carbons (Fsp3) is 0.500. The Morgan fingerprint density at radius 1 is 1.33 bits per heavy atom. The molecule has 0 saturated carbocycles. The van der Waals surface area contributed by atoms with E-state index in [0.717, 1.165) is 23.3 Å². The van der Waals surface area contributed by atoms with Crippen LogP contribution < -0.4 is 10.5 Å². The molecular weight excluding hydrogens is 228 g/mol. The van der Waals surface area contributed by atoms with Gasteiger partial charge in [-0.3, -0.25) is 0 Å².